The summed E-state index contributed by atoms with van der Waals surface area (Å²) in [6.07, 6.45) is 4.56. The molecule has 0 atom stereocenters. The highest BCUT2D eigenvalue weighted by Crippen LogP contribution is 2.26. The van der Waals surface area contributed by atoms with Gasteiger partial charge < -0.3 is 4.74 Å². The third-order valence-corrected chi connectivity index (χ3v) is 2.61. The SMILES string of the molecule is CCN(CC=C(C)C(=O)OC)C1CC1. The minimum Gasteiger partial charge on any atom is -0.466 e. The van der Waals surface area contributed by atoms with E-state index in [4.69, 9.17) is 0 Å². The van der Waals surface area contributed by atoms with Crippen LogP contribution in [-0.2, 0) is 9.53 Å². The second-order valence-corrected chi connectivity index (χ2v) is 3.70. The lowest BCUT2D eigenvalue weighted by Gasteiger charge is -2.17. The maximum atomic E-state index is 11.1. The van der Waals surface area contributed by atoms with Crippen molar-refractivity contribution < 1.29 is 9.53 Å². The van der Waals surface area contributed by atoms with Crippen molar-refractivity contribution in [3.8, 4) is 0 Å². The van der Waals surface area contributed by atoms with E-state index in [-0.39, 0.29) is 5.97 Å². The predicted molar refractivity (Wildman–Crippen MR) is 56.0 cm³/mol. The van der Waals surface area contributed by atoms with Gasteiger partial charge in [0, 0.05) is 18.2 Å². The highest BCUT2D eigenvalue weighted by molar-refractivity contribution is 5.87. The molecule has 0 heterocycles. The molecule has 3 heteroatoms. The molecule has 80 valence electrons. The first-order chi connectivity index (χ1) is 6.69. The minimum atomic E-state index is -0.225. The first-order valence-electron chi connectivity index (χ1n) is 5.18. The van der Waals surface area contributed by atoms with Gasteiger partial charge in [0.2, 0.25) is 0 Å². The van der Waals surface area contributed by atoms with Gasteiger partial charge in [-0.3, -0.25) is 4.90 Å². The third kappa shape index (κ3) is 3.14. The average molecular weight is 197 g/mol. The van der Waals surface area contributed by atoms with Crippen LogP contribution in [0.1, 0.15) is 26.7 Å². The quantitative estimate of drug-likeness (QED) is 0.495. The van der Waals surface area contributed by atoms with Gasteiger partial charge in [-0.1, -0.05) is 13.0 Å². The van der Waals surface area contributed by atoms with Gasteiger partial charge in [-0.2, -0.15) is 0 Å². The molecule has 1 saturated carbocycles. The molecule has 0 aromatic heterocycles. The van der Waals surface area contributed by atoms with Crippen LogP contribution < -0.4 is 0 Å². The molecular weight excluding hydrogens is 178 g/mol. The number of esters is 1. The summed E-state index contributed by atoms with van der Waals surface area (Å²) in [4.78, 5) is 13.5. The Balaban J connectivity index is 2.38. The fourth-order valence-corrected chi connectivity index (χ4v) is 1.47. The van der Waals surface area contributed by atoms with Gasteiger partial charge in [0.1, 0.15) is 0 Å². The summed E-state index contributed by atoms with van der Waals surface area (Å²) < 4.78 is 4.63. The van der Waals surface area contributed by atoms with Crippen LogP contribution >= 0.6 is 0 Å². The summed E-state index contributed by atoms with van der Waals surface area (Å²) in [7, 11) is 1.41. The van der Waals surface area contributed by atoms with Gasteiger partial charge in [0.15, 0.2) is 0 Å². The van der Waals surface area contributed by atoms with E-state index in [1.165, 1.54) is 20.0 Å². The molecule has 0 aromatic carbocycles. The number of nitrogens with zero attached hydrogens (tertiary/aromatic N) is 1. The van der Waals surface area contributed by atoms with Crippen LogP contribution in [0.2, 0.25) is 0 Å². The highest BCUT2D eigenvalue weighted by atomic mass is 16.5. The van der Waals surface area contributed by atoms with Crippen molar-refractivity contribution in [2.75, 3.05) is 20.2 Å². The van der Waals surface area contributed by atoms with Gasteiger partial charge in [-0.25, -0.2) is 4.79 Å². The number of carbonyl (C=O) groups is 1. The molecule has 0 radical (unpaired) electrons. The maximum Gasteiger partial charge on any atom is 0.333 e. The number of hydrogen-bond donors (Lipinski definition) is 0. The number of hydrogen-bond acceptors (Lipinski definition) is 3. The van der Waals surface area contributed by atoms with Gasteiger partial charge in [0.05, 0.1) is 7.11 Å². The van der Waals surface area contributed by atoms with Crippen molar-refractivity contribution in [2.45, 2.75) is 32.7 Å². The summed E-state index contributed by atoms with van der Waals surface area (Å²) in [5, 5.41) is 0. The topological polar surface area (TPSA) is 29.5 Å². The Morgan fingerprint density at radius 3 is 2.64 bits per heavy atom. The maximum absolute atomic E-state index is 11.1. The van der Waals surface area contributed by atoms with Crippen molar-refractivity contribution in [2.24, 2.45) is 0 Å². The molecule has 0 unspecified atom stereocenters. The molecule has 0 N–H and O–H groups in total. The Hall–Kier alpha value is -0.830. The van der Waals surface area contributed by atoms with Crippen LogP contribution in [0.25, 0.3) is 0 Å². The van der Waals surface area contributed by atoms with Crippen molar-refractivity contribution in [3.63, 3.8) is 0 Å². The second-order valence-electron chi connectivity index (χ2n) is 3.70. The standard InChI is InChI=1S/C11H19NO2/c1-4-12(10-5-6-10)8-7-9(2)11(13)14-3/h7,10H,4-6,8H2,1-3H3. The molecule has 0 spiro atoms. The highest BCUT2D eigenvalue weighted by Gasteiger charge is 2.26. The zero-order chi connectivity index (χ0) is 10.6. The lowest BCUT2D eigenvalue weighted by atomic mass is 10.3. The van der Waals surface area contributed by atoms with Crippen LogP contribution in [0.3, 0.4) is 0 Å². The van der Waals surface area contributed by atoms with Crippen LogP contribution in [0.4, 0.5) is 0 Å². The number of likely N-dealkylation sites (N-methyl/N-ethyl adjacent to an activating group) is 1. The Morgan fingerprint density at radius 1 is 1.57 bits per heavy atom. The van der Waals surface area contributed by atoms with Gasteiger partial charge in [-0.05, 0) is 26.3 Å². The van der Waals surface area contributed by atoms with E-state index in [0.717, 1.165) is 19.1 Å². The Morgan fingerprint density at radius 2 is 2.21 bits per heavy atom. The van der Waals surface area contributed by atoms with Gasteiger partial charge in [0.25, 0.3) is 0 Å². The number of ether oxygens (including phenoxy) is 1. The Labute approximate surface area is 85.7 Å². The summed E-state index contributed by atoms with van der Waals surface area (Å²) in [6, 6.07) is 0.752. The van der Waals surface area contributed by atoms with Crippen molar-refractivity contribution in [1.29, 1.82) is 0 Å². The van der Waals surface area contributed by atoms with Gasteiger partial charge in [-0.15, -0.1) is 0 Å². The molecule has 0 saturated heterocycles. The van der Waals surface area contributed by atoms with Crippen LogP contribution in [-0.4, -0.2) is 37.1 Å². The first-order valence-corrected chi connectivity index (χ1v) is 5.18. The van der Waals surface area contributed by atoms with E-state index in [9.17, 15) is 4.79 Å². The number of carbonyl (C=O) groups excluding carboxylic acids is 1. The zero-order valence-electron chi connectivity index (χ0n) is 9.25. The van der Waals surface area contributed by atoms with Gasteiger partial charge >= 0.3 is 5.97 Å². The van der Waals surface area contributed by atoms with E-state index >= 15 is 0 Å². The smallest absolute Gasteiger partial charge is 0.333 e. The lowest BCUT2D eigenvalue weighted by molar-refractivity contribution is -0.136. The molecule has 1 rings (SSSR count). The summed E-state index contributed by atoms with van der Waals surface area (Å²) in [5.74, 6) is -0.225. The van der Waals surface area contributed by atoms with Crippen LogP contribution in [0.5, 0.6) is 0 Å². The number of methoxy groups -OCH3 is 1. The Kier molecular flexibility index (Phi) is 4.14. The van der Waals surface area contributed by atoms with E-state index in [1.54, 1.807) is 6.92 Å². The molecule has 0 aromatic rings. The molecule has 1 aliphatic carbocycles. The molecule has 14 heavy (non-hydrogen) atoms. The molecule has 0 aliphatic heterocycles. The molecule has 3 nitrogen and oxygen atoms in total. The second kappa shape index (κ2) is 5.15. The molecule has 0 bridgehead atoms. The summed E-state index contributed by atoms with van der Waals surface area (Å²) in [6.45, 7) is 5.87. The fraction of sp³-hybridized carbons (Fsp3) is 0.727. The van der Waals surface area contributed by atoms with E-state index in [0.29, 0.717) is 5.57 Å². The number of rotatable bonds is 5. The van der Waals surface area contributed by atoms with Crippen LogP contribution in [0, 0.1) is 0 Å². The Bertz CT molecular complexity index is 231. The third-order valence-electron chi connectivity index (χ3n) is 2.61. The van der Waals surface area contributed by atoms with E-state index in [2.05, 4.69) is 16.6 Å². The molecule has 1 aliphatic rings. The summed E-state index contributed by atoms with van der Waals surface area (Å²) >= 11 is 0. The molecular formula is C11H19NO2. The normalized spacial score (nSPS) is 17.3. The lowest BCUT2D eigenvalue weighted by Crippen LogP contribution is -2.26. The monoisotopic (exact) mass is 197 g/mol. The average Bonchev–Trinajstić information content (AvgIpc) is 3.01. The predicted octanol–water partition coefficient (Wildman–Crippen LogP) is 1.59. The van der Waals surface area contributed by atoms with Crippen molar-refractivity contribution in [3.05, 3.63) is 11.6 Å². The van der Waals surface area contributed by atoms with E-state index < -0.39 is 0 Å². The molecule has 1 fully saturated rings. The van der Waals surface area contributed by atoms with Crippen LogP contribution in [0.15, 0.2) is 11.6 Å². The first kappa shape index (κ1) is 11.2. The fourth-order valence-electron chi connectivity index (χ4n) is 1.47. The van der Waals surface area contributed by atoms with Crippen molar-refractivity contribution in [1.82, 2.24) is 4.90 Å². The van der Waals surface area contributed by atoms with Crippen molar-refractivity contribution >= 4 is 5.97 Å². The zero-order valence-corrected chi connectivity index (χ0v) is 9.25. The largest absolute Gasteiger partial charge is 0.466 e. The molecule has 0 amide bonds. The summed E-state index contributed by atoms with van der Waals surface area (Å²) in [5.41, 5.74) is 0.701. The minimum absolute atomic E-state index is 0.225. The van der Waals surface area contributed by atoms with E-state index in [1.807, 2.05) is 6.08 Å².